The topological polar surface area (TPSA) is 58.4 Å². The number of hydrogen-bond donors (Lipinski definition) is 1. The Morgan fingerprint density at radius 2 is 1.90 bits per heavy atom. The van der Waals surface area contributed by atoms with E-state index in [0.717, 1.165) is 23.8 Å². The van der Waals surface area contributed by atoms with Crippen molar-refractivity contribution in [2.45, 2.75) is 20.4 Å². The van der Waals surface area contributed by atoms with E-state index in [4.69, 9.17) is 4.52 Å². The van der Waals surface area contributed by atoms with Crippen LogP contribution in [0.1, 0.15) is 17.0 Å². The van der Waals surface area contributed by atoms with E-state index in [2.05, 4.69) is 10.5 Å². The van der Waals surface area contributed by atoms with Gasteiger partial charge in [0.1, 0.15) is 17.4 Å². The number of rotatable bonds is 3. The van der Waals surface area contributed by atoms with E-state index in [0.29, 0.717) is 11.5 Å². The van der Waals surface area contributed by atoms with Crippen LogP contribution in [0.5, 0.6) is 0 Å². The summed E-state index contributed by atoms with van der Waals surface area (Å²) in [6.07, 6.45) is 0. The maximum absolute atomic E-state index is 13.1. The Kier molecular flexibility index (Phi) is 4.21. The van der Waals surface area contributed by atoms with Gasteiger partial charge >= 0.3 is 6.03 Å². The fraction of sp³-hybridized carbons (Fsp3) is 0.286. The first-order chi connectivity index (χ1) is 9.86. The van der Waals surface area contributed by atoms with E-state index < -0.39 is 17.7 Å². The Bertz CT molecular complexity index is 630. The van der Waals surface area contributed by atoms with Gasteiger partial charge in [-0.05, 0) is 26.0 Å². The van der Waals surface area contributed by atoms with Crippen LogP contribution < -0.4 is 5.32 Å². The number of nitrogens with one attached hydrogen (secondary N) is 1. The van der Waals surface area contributed by atoms with Crippen molar-refractivity contribution in [1.82, 2.24) is 10.1 Å². The number of amides is 2. The van der Waals surface area contributed by atoms with E-state index in [9.17, 15) is 13.6 Å². The van der Waals surface area contributed by atoms with Crippen molar-refractivity contribution in [3.63, 3.8) is 0 Å². The van der Waals surface area contributed by atoms with Crippen LogP contribution in [0.25, 0.3) is 0 Å². The van der Waals surface area contributed by atoms with Crippen molar-refractivity contribution in [1.29, 1.82) is 0 Å². The molecule has 5 nitrogen and oxygen atoms in total. The molecule has 0 radical (unpaired) electrons. The highest BCUT2D eigenvalue weighted by atomic mass is 19.1. The summed E-state index contributed by atoms with van der Waals surface area (Å²) in [6.45, 7) is 3.81. The molecule has 2 aromatic rings. The zero-order valence-electron chi connectivity index (χ0n) is 11.9. The number of halogens is 2. The van der Waals surface area contributed by atoms with Gasteiger partial charge in [-0.25, -0.2) is 13.6 Å². The molecular formula is C14H15F2N3O2. The van der Waals surface area contributed by atoms with Gasteiger partial charge in [-0.2, -0.15) is 0 Å². The Hall–Kier alpha value is -2.44. The van der Waals surface area contributed by atoms with Crippen LogP contribution in [-0.2, 0) is 6.54 Å². The second-order valence-electron chi connectivity index (χ2n) is 4.75. The molecule has 1 aromatic heterocycles. The number of benzene rings is 1. The summed E-state index contributed by atoms with van der Waals surface area (Å²) in [4.78, 5) is 13.4. The van der Waals surface area contributed by atoms with E-state index >= 15 is 0 Å². The molecule has 1 N–H and O–H groups in total. The third kappa shape index (κ3) is 3.56. The van der Waals surface area contributed by atoms with Gasteiger partial charge in [0, 0.05) is 24.4 Å². The van der Waals surface area contributed by atoms with Crippen LogP contribution in [0, 0.1) is 25.5 Å². The molecule has 112 valence electrons. The van der Waals surface area contributed by atoms with Crippen molar-refractivity contribution >= 4 is 11.7 Å². The van der Waals surface area contributed by atoms with E-state index in [-0.39, 0.29) is 12.2 Å². The third-order valence-electron chi connectivity index (χ3n) is 3.04. The smallest absolute Gasteiger partial charge is 0.321 e. The average Bonchev–Trinajstić information content (AvgIpc) is 2.69. The average molecular weight is 295 g/mol. The van der Waals surface area contributed by atoms with Gasteiger partial charge in [-0.15, -0.1) is 0 Å². The van der Waals surface area contributed by atoms with E-state index in [1.807, 2.05) is 0 Å². The molecule has 0 aliphatic rings. The van der Waals surface area contributed by atoms with Crippen LogP contribution in [0.3, 0.4) is 0 Å². The molecule has 0 spiro atoms. The minimum Gasteiger partial charge on any atom is -0.361 e. The molecule has 0 saturated carbocycles. The van der Waals surface area contributed by atoms with Gasteiger partial charge in [0.15, 0.2) is 0 Å². The lowest BCUT2D eigenvalue weighted by Gasteiger charge is -2.18. The van der Waals surface area contributed by atoms with Gasteiger partial charge in [0.2, 0.25) is 0 Å². The number of hydrogen-bond acceptors (Lipinski definition) is 3. The van der Waals surface area contributed by atoms with Gasteiger partial charge in [-0.3, -0.25) is 0 Å². The molecule has 1 heterocycles. The van der Waals surface area contributed by atoms with Crippen molar-refractivity contribution in [3.05, 3.63) is 46.9 Å². The maximum Gasteiger partial charge on any atom is 0.321 e. The highest BCUT2D eigenvalue weighted by Crippen LogP contribution is 2.16. The molecule has 0 atom stereocenters. The monoisotopic (exact) mass is 295 g/mol. The summed E-state index contributed by atoms with van der Waals surface area (Å²) in [5.41, 5.74) is 1.56. The first kappa shape index (κ1) is 15.0. The highest BCUT2D eigenvalue weighted by molar-refractivity contribution is 5.89. The minimum atomic E-state index is -0.751. The summed E-state index contributed by atoms with van der Waals surface area (Å²) in [6, 6.07) is 2.35. The highest BCUT2D eigenvalue weighted by Gasteiger charge is 2.16. The Balaban J connectivity index is 2.06. The first-order valence-electron chi connectivity index (χ1n) is 6.27. The van der Waals surface area contributed by atoms with Crippen LogP contribution in [0.4, 0.5) is 19.3 Å². The Morgan fingerprint density at radius 3 is 2.43 bits per heavy atom. The fourth-order valence-electron chi connectivity index (χ4n) is 1.88. The zero-order valence-corrected chi connectivity index (χ0v) is 11.9. The van der Waals surface area contributed by atoms with Crippen molar-refractivity contribution < 1.29 is 18.1 Å². The van der Waals surface area contributed by atoms with Crippen LogP contribution >= 0.6 is 0 Å². The lowest BCUT2D eigenvalue weighted by atomic mass is 10.2. The molecule has 0 bridgehead atoms. The fourth-order valence-corrected chi connectivity index (χ4v) is 1.88. The van der Waals surface area contributed by atoms with E-state index in [1.54, 1.807) is 20.9 Å². The molecule has 0 fully saturated rings. The third-order valence-corrected chi connectivity index (χ3v) is 3.04. The molecule has 0 unspecified atom stereocenters. The second-order valence-corrected chi connectivity index (χ2v) is 4.75. The lowest BCUT2D eigenvalue weighted by molar-refractivity contribution is 0.220. The maximum atomic E-state index is 13.1. The van der Waals surface area contributed by atoms with Gasteiger partial charge in [-0.1, -0.05) is 5.16 Å². The van der Waals surface area contributed by atoms with Crippen molar-refractivity contribution in [2.24, 2.45) is 0 Å². The Labute approximate surface area is 120 Å². The minimum absolute atomic E-state index is 0.0584. The summed E-state index contributed by atoms with van der Waals surface area (Å²) < 4.78 is 31.1. The molecule has 21 heavy (non-hydrogen) atoms. The quantitative estimate of drug-likeness (QED) is 0.945. The molecule has 2 amide bonds. The predicted molar refractivity (Wildman–Crippen MR) is 72.8 cm³/mol. The summed E-state index contributed by atoms with van der Waals surface area (Å²) in [5, 5.41) is 6.23. The SMILES string of the molecule is Cc1noc(C)c1CN(C)C(=O)Nc1cc(F)cc(F)c1. The number of anilines is 1. The van der Waals surface area contributed by atoms with Crippen LogP contribution in [-0.4, -0.2) is 23.1 Å². The second kappa shape index (κ2) is 5.90. The normalized spacial score (nSPS) is 10.5. The Morgan fingerprint density at radius 1 is 1.29 bits per heavy atom. The number of nitrogens with zero attached hydrogens (tertiary/aromatic N) is 2. The summed E-state index contributed by atoms with van der Waals surface area (Å²) >= 11 is 0. The van der Waals surface area contributed by atoms with E-state index in [1.165, 1.54) is 4.90 Å². The zero-order chi connectivity index (χ0) is 15.6. The number of aromatic nitrogens is 1. The van der Waals surface area contributed by atoms with Gasteiger partial charge in [0.25, 0.3) is 0 Å². The predicted octanol–water partition coefficient (Wildman–Crippen LogP) is 3.23. The number of urea groups is 1. The molecular weight excluding hydrogens is 280 g/mol. The largest absolute Gasteiger partial charge is 0.361 e. The number of carbonyl (C=O) groups excluding carboxylic acids is 1. The molecule has 7 heteroatoms. The molecule has 0 saturated heterocycles. The lowest BCUT2D eigenvalue weighted by Crippen LogP contribution is -2.31. The van der Waals surface area contributed by atoms with Crippen LogP contribution in [0.15, 0.2) is 22.7 Å². The molecule has 1 aromatic carbocycles. The first-order valence-corrected chi connectivity index (χ1v) is 6.27. The number of aryl methyl sites for hydroxylation is 2. The van der Waals surface area contributed by atoms with Crippen molar-refractivity contribution in [3.8, 4) is 0 Å². The van der Waals surface area contributed by atoms with Gasteiger partial charge in [0.05, 0.1) is 12.2 Å². The summed E-state index contributed by atoms with van der Waals surface area (Å²) in [5.74, 6) is -0.874. The number of carbonyl (C=O) groups is 1. The van der Waals surface area contributed by atoms with Crippen molar-refractivity contribution in [2.75, 3.05) is 12.4 Å². The van der Waals surface area contributed by atoms with Crippen LogP contribution in [0.2, 0.25) is 0 Å². The molecule has 0 aliphatic heterocycles. The summed E-state index contributed by atoms with van der Waals surface area (Å²) in [7, 11) is 1.57. The molecule has 2 rings (SSSR count). The molecule has 0 aliphatic carbocycles. The standard InChI is InChI=1S/C14H15F2N3O2/c1-8-13(9(2)21-18-8)7-19(3)14(20)17-12-5-10(15)4-11(16)6-12/h4-6H,7H2,1-3H3,(H,17,20). The van der Waals surface area contributed by atoms with Gasteiger partial charge < -0.3 is 14.7 Å².